The highest BCUT2D eigenvalue weighted by Crippen LogP contribution is 2.23. The van der Waals surface area contributed by atoms with Gasteiger partial charge in [0.25, 0.3) is 0 Å². The monoisotopic (exact) mass is 223 g/mol. The van der Waals surface area contributed by atoms with Gasteiger partial charge in [0.05, 0.1) is 0 Å². The number of benzene rings is 1. The Hall–Kier alpha value is -0.470. The van der Waals surface area contributed by atoms with E-state index < -0.39 is 0 Å². The number of thioether (sulfide) groups is 1. The molecule has 1 unspecified atom stereocenters. The maximum absolute atomic E-state index is 3.46. The maximum Gasteiger partial charge on any atom is 0.00720 e. The van der Waals surface area contributed by atoms with Crippen LogP contribution in [0.2, 0.25) is 0 Å². The highest BCUT2D eigenvalue weighted by Gasteiger charge is 2.12. The van der Waals surface area contributed by atoms with Crippen molar-refractivity contribution < 1.29 is 0 Å². The highest BCUT2D eigenvalue weighted by molar-refractivity contribution is 7.99. The predicted octanol–water partition coefficient (Wildman–Crippen LogP) is 3.41. The van der Waals surface area contributed by atoms with Crippen molar-refractivity contribution >= 4 is 11.8 Å². The van der Waals surface area contributed by atoms with Crippen LogP contribution in [0.25, 0.3) is 0 Å². The molecule has 0 aliphatic carbocycles. The van der Waals surface area contributed by atoms with Crippen LogP contribution in [0, 0.1) is 5.92 Å². The van der Waals surface area contributed by atoms with E-state index in [1.165, 1.54) is 36.6 Å². The quantitative estimate of drug-likeness (QED) is 0.788. The average Bonchev–Trinajstić information content (AvgIpc) is 2.29. The first-order valence-corrected chi connectivity index (χ1v) is 6.32. The van der Waals surface area contributed by atoms with E-state index >= 15 is 0 Å². The standard InChI is InChI=1S/C12H17NS.CH4/c1-2-6-12(7-3-1)14-10-11-5-4-8-13-9-11;/h1-3,6-7,11,13H,4-5,8-10H2;1H4. The van der Waals surface area contributed by atoms with Gasteiger partial charge in [-0.05, 0) is 44.0 Å². The van der Waals surface area contributed by atoms with E-state index in [0.717, 1.165) is 5.92 Å². The SMILES string of the molecule is C.c1ccc(SCC2CCCNC2)cc1. The van der Waals surface area contributed by atoms with E-state index in [1.807, 2.05) is 11.8 Å². The maximum atomic E-state index is 3.46. The van der Waals surface area contributed by atoms with Crippen LogP contribution in [0.1, 0.15) is 20.3 Å². The summed E-state index contributed by atoms with van der Waals surface area (Å²) in [5.74, 6) is 2.13. The zero-order valence-corrected chi connectivity index (χ0v) is 9.22. The Morgan fingerprint density at radius 1 is 1.27 bits per heavy atom. The van der Waals surface area contributed by atoms with Gasteiger partial charge in [0.1, 0.15) is 0 Å². The molecule has 1 aromatic carbocycles. The van der Waals surface area contributed by atoms with Gasteiger partial charge in [-0.3, -0.25) is 0 Å². The number of nitrogens with one attached hydrogen (secondary N) is 1. The van der Waals surface area contributed by atoms with Gasteiger partial charge >= 0.3 is 0 Å². The molecule has 0 spiro atoms. The lowest BCUT2D eigenvalue weighted by atomic mass is 10.0. The lowest BCUT2D eigenvalue weighted by Gasteiger charge is -2.22. The van der Waals surface area contributed by atoms with Crippen LogP contribution < -0.4 is 5.32 Å². The Balaban J connectivity index is 0.00000112. The molecular formula is C13H21NS. The second-order valence-corrected chi connectivity index (χ2v) is 4.93. The second-order valence-electron chi connectivity index (χ2n) is 3.84. The highest BCUT2D eigenvalue weighted by atomic mass is 32.2. The zero-order valence-electron chi connectivity index (χ0n) is 8.41. The molecule has 0 bridgehead atoms. The minimum atomic E-state index is 0. The van der Waals surface area contributed by atoms with Crippen LogP contribution in [-0.4, -0.2) is 18.8 Å². The van der Waals surface area contributed by atoms with Crippen LogP contribution in [0.5, 0.6) is 0 Å². The van der Waals surface area contributed by atoms with E-state index in [2.05, 4.69) is 35.6 Å². The van der Waals surface area contributed by atoms with E-state index in [9.17, 15) is 0 Å². The fourth-order valence-electron chi connectivity index (χ4n) is 1.80. The van der Waals surface area contributed by atoms with Gasteiger partial charge in [-0.15, -0.1) is 11.8 Å². The third-order valence-corrected chi connectivity index (χ3v) is 3.87. The summed E-state index contributed by atoms with van der Waals surface area (Å²) in [7, 11) is 0. The summed E-state index contributed by atoms with van der Waals surface area (Å²) < 4.78 is 0. The van der Waals surface area contributed by atoms with E-state index in [4.69, 9.17) is 0 Å². The second kappa shape index (κ2) is 6.91. The van der Waals surface area contributed by atoms with Gasteiger partial charge in [0, 0.05) is 10.6 Å². The van der Waals surface area contributed by atoms with Gasteiger partial charge in [-0.2, -0.15) is 0 Å². The molecule has 0 saturated carbocycles. The lowest BCUT2D eigenvalue weighted by Crippen LogP contribution is -2.30. The van der Waals surface area contributed by atoms with Crippen molar-refractivity contribution in [2.45, 2.75) is 25.2 Å². The van der Waals surface area contributed by atoms with Gasteiger partial charge in [0.2, 0.25) is 0 Å². The largest absolute Gasteiger partial charge is 0.316 e. The van der Waals surface area contributed by atoms with Gasteiger partial charge in [-0.1, -0.05) is 25.6 Å². The fourth-order valence-corrected chi connectivity index (χ4v) is 2.86. The van der Waals surface area contributed by atoms with Crippen molar-refractivity contribution in [3.05, 3.63) is 30.3 Å². The van der Waals surface area contributed by atoms with E-state index in [1.54, 1.807) is 0 Å². The summed E-state index contributed by atoms with van der Waals surface area (Å²) in [5, 5.41) is 3.46. The third kappa shape index (κ3) is 4.27. The van der Waals surface area contributed by atoms with Crippen LogP contribution in [-0.2, 0) is 0 Å². The van der Waals surface area contributed by atoms with Crippen molar-refractivity contribution in [1.82, 2.24) is 5.32 Å². The van der Waals surface area contributed by atoms with Crippen molar-refractivity contribution in [2.24, 2.45) is 5.92 Å². The van der Waals surface area contributed by atoms with Crippen LogP contribution in [0.3, 0.4) is 0 Å². The fraction of sp³-hybridized carbons (Fsp3) is 0.538. The molecule has 2 rings (SSSR count). The van der Waals surface area contributed by atoms with Gasteiger partial charge in [0.15, 0.2) is 0 Å². The molecule has 2 heteroatoms. The first-order valence-electron chi connectivity index (χ1n) is 5.34. The molecule has 84 valence electrons. The minimum absolute atomic E-state index is 0. The molecule has 0 amide bonds. The Morgan fingerprint density at radius 3 is 2.73 bits per heavy atom. The van der Waals surface area contributed by atoms with Crippen molar-refractivity contribution in [1.29, 1.82) is 0 Å². The van der Waals surface area contributed by atoms with E-state index in [-0.39, 0.29) is 7.43 Å². The first-order chi connectivity index (χ1) is 6.95. The summed E-state index contributed by atoms with van der Waals surface area (Å²) in [6.07, 6.45) is 2.74. The smallest absolute Gasteiger partial charge is 0.00720 e. The zero-order chi connectivity index (χ0) is 9.64. The lowest BCUT2D eigenvalue weighted by molar-refractivity contribution is 0.410. The summed E-state index contributed by atoms with van der Waals surface area (Å²) >= 11 is 1.99. The van der Waals surface area contributed by atoms with Gasteiger partial charge < -0.3 is 5.32 Å². The Labute approximate surface area is 97.7 Å². The molecule has 1 N–H and O–H groups in total. The van der Waals surface area contributed by atoms with Crippen LogP contribution >= 0.6 is 11.8 Å². The molecule has 1 nitrogen and oxygen atoms in total. The Kier molecular flexibility index (Phi) is 5.81. The van der Waals surface area contributed by atoms with Crippen molar-refractivity contribution in [3.8, 4) is 0 Å². The van der Waals surface area contributed by atoms with E-state index in [0.29, 0.717) is 0 Å². The molecule has 1 fully saturated rings. The Morgan fingerprint density at radius 2 is 2.07 bits per heavy atom. The molecule has 1 heterocycles. The molecule has 1 atom stereocenters. The molecule has 15 heavy (non-hydrogen) atoms. The average molecular weight is 223 g/mol. The molecule has 1 aromatic rings. The summed E-state index contributed by atoms with van der Waals surface area (Å²) in [5.41, 5.74) is 0. The van der Waals surface area contributed by atoms with Crippen molar-refractivity contribution in [3.63, 3.8) is 0 Å². The molecule has 1 aliphatic rings. The topological polar surface area (TPSA) is 12.0 Å². The Bertz CT molecular complexity index is 254. The molecule has 0 radical (unpaired) electrons. The molecule has 1 saturated heterocycles. The first kappa shape index (κ1) is 12.6. The van der Waals surface area contributed by atoms with Crippen LogP contribution in [0.4, 0.5) is 0 Å². The minimum Gasteiger partial charge on any atom is -0.316 e. The number of rotatable bonds is 3. The summed E-state index contributed by atoms with van der Waals surface area (Å²) in [6, 6.07) is 10.7. The van der Waals surface area contributed by atoms with Crippen molar-refractivity contribution in [2.75, 3.05) is 18.8 Å². The van der Waals surface area contributed by atoms with Gasteiger partial charge in [-0.25, -0.2) is 0 Å². The number of piperidine rings is 1. The van der Waals surface area contributed by atoms with Crippen LogP contribution in [0.15, 0.2) is 35.2 Å². The summed E-state index contributed by atoms with van der Waals surface area (Å²) in [4.78, 5) is 1.40. The molecule has 1 aliphatic heterocycles. The normalized spacial score (nSPS) is 20.7. The summed E-state index contributed by atoms with van der Waals surface area (Å²) in [6.45, 7) is 2.42. The number of hydrogen-bond acceptors (Lipinski definition) is 2. The molecular weight excluding hydrogens is 202 g/mol. The number of hydrogen-bond donors (Lipinski definition) is 1. The predicted molar refractivity (Wildman–Crippen MR) is 69.5 cm³/mol. The molecule has 0 aromatic heterocycles. The third-order valence-electron chi connectivity index (χ3n) is 2.63.